The fourth-order valence-corrected chi connectivity index (χ4v) is 1.82. The fraction of sp³-hybridized carbons (Fsp3) is 0.273. The van der Waals surface area contributed by atoms with E-state index in [0.29, 0.717) is 11.1 Å². The van der Waals surface area contributed by atoms with E-state index in [2.05, 4.69) is 5.10 Å². The third-order valence-electron chi connectivity index (χ3n) is 2.71. The normalized spacial score (nSPS) is 22.6. The first kappa shape index (κ1) is 13.3. The van der Waals surface area contributed by atoms with Crippen molar-refractivity contribution in [2.75, 3.05) is 5.01 Å². The van der Waals surface area contributed by atoms with E-state index in [-0.39, 0.29) is 12.1 Å². The highest BCUT2D eigenvalue weighted by Crippen LogP contribution is 2.34. The molecular weight excluding hydrogens is 265 g/mol. The number of anilines is 1. The molecule has 2 rings (SSSR count). The van der Waals surface area contributed by atoms with E-state index in [1.165, 1.54) is 6.92 Å². The molecule has 0 spiro atoms. The molecule has 0 fully saturated rings. The number of hydrogen-bond donors (Lipinski definition) is 2. The second-order valence-electron chi connectivity index (χ2n) is 4.14. The van der Waals surface area contributed by atoms with Crippen LogP contribution in [0.5, 0.6) is 0 Å². The number of benzene rings is 1. The molecule has 8 heteroatoms. The van der Waals surface area contributed by atoms with E-state index in [0.717, 1.165) is 6.07 Å². The number of carboxylic acid groups (broad SMARTS) is 1. The van der Waals surface area contributed by atoms with Crippen molar-refractivity contribution in [3.05, 3.63) is 29.6 Å². The molecule has 0 radical (unpaired) electrons. The van der Waals surface area contributed by atoms with Crippen LogP contribution >= 0.6 is 0 Å². The van der Waals surface area contributed by atoms with Crippen molar-refractivity contribution in [1.29, 1.82) is 0 Å². The predicted molar refractivity (Wildman–Crippen MR) is 59.1 cm³/mol. The minimum Gasteiger partial charge on any atom is -0.478 e. The van der Waals surface area contributed by atoms with Gasteiger partial charge in [0.2, 0.25) is 0 Å². The first-order valence-corrected chi connectivity index (χ1v) is 5.21. The molecule has 1 unspecified atom stereocenters. The molecule has 0 bridgehead atoms. The van der Waals surface area contributed by atoms with Crippen LogP contribution < -0.4 is 5.01 Å². The zero-order valence-electron chi connectivity index (χ0n) is 9.69. The van der Waals surface area contributed by atoms with Gasteiger partial charge in [0.05, 0.1) is 0 Å². The fourth-order valence-electron chi connectivity index (χ4n) is 1.82. The summed E-state index contributed by atoms with van der Waals surface area (Å²) < 4.78 is 39.6. The Hall–Kier alpha value is -2.09. The number of halogens is 3. The Morgan fingerprint density at radius 1 is 1.37 bits per heavy atom. The predicted octanol–water partition coefficient (Wildman–Crippen LogP) is 1.46. The minimum atomic E-state index is -2.52. The Labute approximate surface area is 105 Å². The van der Waals surface area contributed by atoms with Crippen molar-refractivity contribution in [1.82, 2.24) is 0 Å². The monoisotopic (exact) mass is 274 g/mol. The summed E-state index contributed by atoms with van der Waals surface area (Å²) in [6.07, 6.45) is -0.374. The zero-order valence-corrected chi connectivity index (χ0v) is 9.69. The maximum absolute atomic E-state index is 13.6. The van der Waals surface area contributed by atoms with Crippen LogP contribution in [0.3, 0.4) is 0 Å². The van der Waals surface area contributed by atoms with Crippen molar-refractivity contribution in [2.24, 2.45) is 5.10 Å². The number of carbonyl (C=O) groups is 1. The van der Waals surface area contributed by atoms with E-state index in [4.69, 9.17) is 5.11 Å². The Balaban J connectivity index is 2.57. The average Bonchev–Trinajstić information content (AvgIpc) is 2.63. The van der Waals surface area contributed by atoms with E-state index >= 15 is 0 Å². The molecule has 0 aromatic heterocycles. The molecule has 102 valence electrons. The van der Waals surface area contributed by atoms with E-state index < -0.39 is 34.8 Å². The van der Waals surface area contributed by atoms with Crippen LogP contribution in [0.2, 0.25) is 0 Å². The molecule has 0 amide bonds. The molecule has 1 aliphatic heterocycles. The van der Waals surface area contributed by atoms with E-state index in [9.17, 15) is 23.1 Å². The summed E-state index contributed by atoms with van der Waals surface area (Å²) in [7, 11) is 0. The lowest BCUT2D eigenvalue weighted by Crippen LogP contribution is -2.50. The summed E-state index contributed by atoms with van der Waals surface area (Å²) in [5, 5.41) is 23.0. The van der Waals surface area contributed by atoms with Gasteiger partial charge in [0, 0.05) is 12.1 Å². The van der Waals surface area contributed by atoms with Crippen molar-refractivity contribution in [3.8, 4) is 0 Å². The molecule has 0 aliphatic carbocycles. The third kappa shape index (κ3) is 1.93. The molecule has 2 N–H and O–H groups in total. The topological polar surface area (TPSA) is 73.1 Å². The lowest BCUT2D eigenvalue weighted by atomic mass is 10.1. The van der Waals surface area contributed by atoms with Gasteiger partial charge in [-0.3, -0.25) is 0 Å². The summed E-state index contributed by atoms with van der Waals surface area (Å²) >= 11 is 0. The summed E-state index contributed by atoms with van der Waals surface area (Å²) in [6, 6.07) is 1.43. The maximum atomic E-state index is 13.6. The maximum Gasteiger partial charge on any atom is 0.359 e. The Kier molecular flexibility index (Phi) is 2.97. The molecule has 0 saturated heterocycles. The van der Waals surface area contributed by atoms with Crippen LogP contribution in [0.25, 0.3) is 0 Å². The summed E-state index contributed by atoms with van der Waals surface area (Å²) in [4.78, 5) is 11.1. The summed E-state index contributed by atoms with van der Waals surface area (Å²) in [5.74, 6) is -6.46. The molecule has 1 aromatic carbocycles. The smallest absolute Gasteiger partial charge is 0.359 e. The number of aliphatic carboxylic acids is 1. The molecule has 1 heterocycles. The molecule has 19 heavy (non-hydrogen) atoms. The van der Waals surface area contributed by atoms with Crippen LogP contribution in [0.1, 0.15) is 13.3 Å². The van der Waals surface area contributed by atoms with Crippen molar-refractivity contribution in [3.63, 3.8) is 0 Å². The van der Waals surface area contributed by atoms with Gasteiger partial charge in [0.15, 0.2) is 17.5 Å². The van der Waals surface area contributed by atoms with Gasteiger partial charge in [0.25, 0.3) is 5.72 Å². The second kappa shape index (κ2) is 4.23. The number of hydrogen-bond acceptors (Lipinski definition) is 4. The third-order valence-corrected chi connectivity index (χ3v) is 2.71. The minimum absolute atomic E-state index is 0.217. The van der Waals surface area contributed by atoms with Crippen LogP contribution in [0.4, 0.5) is 18.9 Å². The Bertz CT molecular complexity index is 591. The van der Waals surface area contributed by atoms with Crippen LogP contribution in [0, 0.1) is 17.5 Å². The molecule has 1 aromatic rings. The highest BCUT2D eigenvalue weighted by atomic mass is 19.2. The van der Waals surface area contributed by atoms with Gasteiger partial charge in [-0.15, -0.1) is 0 Å². The van der Waals surface area contributed by atoms with Gasteiger partial charge in [-0.1, -0.05) is 0 Å². The first-order valence-electron chi connectivity index (χ1n) is 5.21. The largest absolute Gasteiger partial charge is 0.478 e. The highest BCUT2D eigenvalue weighted by Gasteiger charge is 2.49. The number of carboxylic acids is 1. The van der Waals surface area contributed by atoms with Crippen molar-refractivity contribution in [2.45, 2.75) is 19.1 Å². The highest BCUT2D eigenvalue weighted by molar-refractivity contribution is 5.96. The van der Waals surface area contributed by atoms with E-state index in [1.807, 2.05) is 0 Å². The summed E-state index contributed by atoms with van der Waals surface area (Å²) in [6.45, 7) is 1.42. The van der Waals surface area contributed by atoms with Gasteiger partial charge in [-0.2, -0.15) is 5.10 Å². The van der Waals surface area contributed by atoms with Crippen LogP contribution in [0.15, 0.2) is 17.2 Å². The van der Waals surface area contributed by atoms with Crippen molar-refractivity contribution >= 4 is 17.4 Å². The SMILES string of the molecule is CC1=NN(c2ccc(F)c(F)c2F)C(O)(C(=O)O)C1. The van der Waals surface area contributed by atoms with Gasteiger partial charge >= 0.3 is 5.97 Å². The number of rotatable bonds is 2. The number of hydrazone groups is 1. The average molecular weight is 274 g/mol. The molecular formula is C11H9F3N2O3. The second-order valence-corrected chi connectivity index (χ2v) is 4.14. The van der Waals surface area contributed by atoms with Crippen LogP contribution in [-0.2, 0) is 4.79 Å². The molecule has 1 atom stereocenters. The van der Waals surface area contributed by atoms with E-state index in [1.54, 1.807) is 0 Å². The Morgan fingerprint density at radius 3 is 2.58 bits per heavy atom. The van der Waals surface area contributed by atoms with Gasteiger partial charge in [0.1, 0.15) is 5.69 Å². The Morgan fingerprint density at radius 2 is 2.00 bits per heavy atom. The molecule has 0 saturated carbocycles. The number of aliphatic hydroxyl groups is 1. The first-order chi connectivity index (χ1) is 8.77. The van der Waals surface area contributed by atoms with Gasteiger partial charge in [-0.05, 0) is 19.1 Å². The van der Waals surface area contributed by atoms with Gasteiger partial charge in [-0.25, -0.2) is 23.0 Å². The van der Waals surface area contributed by atoms with Gasteiger partial charge < -0.3 is 10.2 Å². The lowest BCUT2D eigenvalue weighted by molar-refractivity contribution is -0.157. The number of nitrogens with zero attached hydrogens (tertiary/aromatic N) is 2. The zero-order chi connectivity index (χ0) is 14.4. The van der Waals surface area contributed by atoms with Crippen molar-refractivity contribution < 1.29 is 28.2 Å². The summed E-state index contributed by atoms with van der Waals surface area (Å²) in [5.41, 5.74) is -2.95. The quantitative estimate of drug-likeness (QED) is 0.801. The standard InChI is InChI=1S/C11H9F3N2O3/c1-5-4-11(19,10(17)18)16(15-5)7-3-2-6(12)8(13)9(7)14/h2-3,19H,4H2,1H3,(H,17,18). The molecule has 1 aliphatic rings. The lowest BCUT2D eigenvalue weighted by Gasteiger charge is -2.28. The molecule has 5 nitrogen and oxygen atoms in total. The van der Waals surface area contributed by atoms with Crippen LogP contribution in [-0.4, -0.2) is 27.6 Å².